The summed E-state index contributed by atoms with van der Waals surface area (Å²) in [7, 11) is 0. The van der Waals surface area contributed by atoms with Crippen molar-refractivity contribution in [2.24, 2.45) is 5.92 Å². The minimum Gasteiger partial charge on any atom is -0.349 e. The van der Waals surface area contributed by atoms with Crippen LogP contribution in [0.25, 0.3) is 0 Å². The molecule has 0 saturated carbocycles. The molecule has 2 aromatic rings. The van der Waals surface area contributed by atoms with Crippen molar-refractivity contribution in [3.05, 3.63) is 46.9 Å². The first kappa shape index (κ1) is 13.8. The number of rotatable bonds is 4. The Morgan fingerprint density at radius 2 is 2.19 bits per heavy atom. The van der Waals surface area contributed by atoms with E-state index in [4.69, 9.17) is 0 Å². The zero-order valence-corrected chi connectivity index (χ0v) is 12.2. The Kier molecular flexibility index (Phi) is 3.96. The molecule has 1 aliphatic rings. The Morgan fingerprint density at radius 1 is 1.38 bits per heavy atom. The number of amides is 2. The van der Waals surface area contributed by atoms with Crippen LogP contribution in [0.3, 0.4) is 0 Å². The monoisotopic (exact) mass is 301 g/mol. The molecule has 0 bridgehead atoms. The number of para-hydroxylation sites is 1. The van der Waals surface area contributed by atoms with Crippen molar-refractivity contribution in [1.82, 2.24) is 10.3 Å². The highest BCUT2D eigenvalue weighted by Crippen LogP contribution is 2.25. The molecule has 1 atom stereocenters. The fraction of sp³-hybridized carbons (Fsp3) is 0.267. The number of anilines is 1. The molecule has 5 nitrogen and oxygen atoms in total. The van der Waals surface area contributed by atoms with E-state index in [-0.39, 0.29) is 11.8 Å². The summed E-state index contributed by atoms with van der Waals surface area (Å²) in [5.41, 5.74) is 0.845. The number of nitrogens with zero attached hydrogens (tertiary/aromatic N) is 2. The maximum Gasteiger partial charge on any atom is 0.239 e. The van der Waals surface area contributed by atoms with E-state index in [2.05, 4.69) is 10.3 Å². The van der Waals surface area contributed by atoms with Crippen LogP contribution in [0.2, 0.25) is 0 Å². The predicted molar refractivity (Wildman–Crippen MR) is 80.9 cm³/mol. The molecule has 0 spiro atoms. The van der Waals surface area contributed by atoms with Crippen LogP contribution < -0.4 is 10.2 Å². The maximum absolute atomic E-state index is 12.4. The van der Waals surface area contributed by atoms with E-state index in [9.17, 15) is 9.59 Å². The molecule has 21 heavy (non-hydrogen) atoms. The average Bonchev–Trinajstić information content (AvgIpc) is 3.15. The third-order valence-electron chi connectivity index (χ3n) is 3.49. The molecule has 1 aromatic carbocycles. The van der Waals surface area contributed by atoms with E-state index in [0.29, 0.717) is 19.5 Å². The van der Waals surface area contributed by atoms with Crippen LogP contribution in [-0.2, 0) is 16.1 Å². The van der Waals surface area contributed by atoms with Gasteiger partial charge in [-0.1, -0.05) is 18.2 Å². The molecular weight excluding hydrogens is 286 g/mol. The lowest BCUT2D eigenvalue weighted by Crippen LogP contribution is -2.36. The molecule has 3 rings (SSSR count). The number of nitrogens with one attached hydrogen (secondary N) is 1. The van der Waals surface area contributed by atoms with Crippen molar-refractivity contribution >= 4 is 28.8 Å². The number of thiazole rings is 1. The predicted octanol–water partition coefficient (Wildman–Crippen LogP) is 1.81. The highest BCUT2D eigenvalue weighted by Gasteiger charge is 2.37. The molecule has 0 radical (unpaired) electrons. The van der Waals surface area contributed by atoms with Gasteiger partial charge in [-0.25, -0.2) is 4.98 Å². The Morgan fingerprint density at radius 3 is 2.90 bits per heavy atom. The number of aromatic nitrogens is 1. The van der Waals surface area contributed by atoms with Gasteiger partial charge in [-0.2, -0.15) is 0 Å². The maximum atomic E-state index is 12.4. The second kappa shape index (κ2) is 6.05. The molecular formula is C15H15N3O2S. The summed E-state index contributed by atoms with van der Waals surface area (Å²) >= 11 is 1.48. The van der Waals surface area contributed by atoms with Crippen molar-refractivity contribution in [3.63, 3.8) is 0 Å². The lowest BCUT2D eigenvalue weighted by molar-refractivity contribution is -0.132. The number of benzene rings is 1. The highest BCUT2D eigenvalue weighted by molar-refractivity contribution is 7.09. The summed E-state index contributed by atoms with van der Waals surface area (Å²) < 4.78 is 0. The largest absolute Gasteiger partial charge is 0.349 e. The van der Waals surface area contributed by atoms with Crippen molar-refractivity contribution < 1.29 is 9.59 Å². The smallest absolute Gasteiger partial charge is 0.239 e. The van der Waals surface area contributed by atoms with Gasteiger partial charge in [0, 0.05) is 23.8 Å². The van der Waals surface area contributed by atoms with E-state index in [1.807, 2.05) is 35.7 Å². The molecule has 108 valence electrons. The molecule has 1 aromatic heterocycles. The van der Waals surface area contributed by atoms with Crippen LogP contribution in [0, 0.1) is 5.92 Å². The van der Waals surface area contributed by atoms with Crippen LogP contribution in [0.15, 0.2) is 41.9 Å². The van der Waals surface area contributed by atoms with Crippen molar-refractivity contribution in [1.29, 1.82) is 0 Å². The molecule has 2 heterocycles. The summed E-state index contributed by atoms with van der Waals surface area (Å²) in [5.74, 6) is -0.934. The van der Waals surface area contributed by atoms with E-state index in [0.717, 1.165) is 10.7 Å². The molecule has 1 fully saturated rings. The zero-order chi connectivity index (χ0) is 14.7. The van der Waals surface area contributed by atoms with E-state index in [1.54, 1.807) is 11.1 Å². The summed E-state index contributed by atoms with van der Waals surface area (Å²) in [4.78, 5) is 30.3. The first-order valence-corrected chi connectivity index (χ1v) is 7.66. The fourth-order valence-corrected chi connectivity index (χ4v) is 2.97. The summed E-state index contributed by atoms with van der Waals surface area (Å²) in [6.07, 6.45) is 2.25. The van der Waals surface area contributed by atoms with Gasteiger partial charge in [0.25, 0.3) is 0 Å². The number of carbonyl (C=O) groups is 2. The minimum atomic E-state index is -0.592. The van der Waals surface area contributed by atoms with Crippen LogP contribution >= 0.6 is 11.3 Å². The van der Waals surface area contributed by atoms with Crippen molar-refractivity contribution in [3.8, 4) is 0 Å². The Bertz CT molecular complexity index is 628. The van der Waals surface area contributed by atoms with Crippen LogP contribution in [0.5, 0.6) is 0 Å². The van der Waals surface area contributed by atoms with E-state index < -0.39 is 5.92 Å². The third kappa shape index (κ3) is 2.95. The van der Waals surface area contributed by atoms with Gasteiger partial charge in [0.2, 0.25) is 11.8 Å². The first-order valence-electron chi connectivity index (χ1n) is 6.78. The molecule has 1 aliphatic heterocycles. The lowest BCUT2D eigenvalue weighted by atomic mass is 10.1. The van der Waals surface area contributed by atoms with Gasteiger partial charge in [-0.05, 0) is 18.6 Å². The molecule has 6 heteroatoms. The summed E-state index contributed by atoms with van der Waals surface area (Å²) in [6, 6.07) is 9.45. The molecule has 2 amide bonds. The van der Waals surface area contributed by atoms with Gasteiger partial charge >= 0.3 is 0 Å². The second-order valence-electron chi connectivity index (χ2n) is 4.81. The van der Waals surface area contributed by atoms with E-state index in [1.165, 1.54) is 11.3 Å². The van der Waals surface area contributed by atoms with Crippen LogP contribution in [0.1, 0.15) is 11.4 Å². The Labute approximate surface area is 126 Å². The number of carbonyl (C=O) groups excluding carboxylic acids is 2. The molecule has 1 N–H and O–H groups in total. The normalized spacial score (nSPS) is 18.0. The van der Waals surface area contributed by atoms with Gasteiger partial charge < -0.3 is 10.2 Å². The average molecular weight is 301 g/mol. The zero-order valence-electron chi connectivity index (χ0n) is 11.4. The first-order chi connectivity index (χ1) is 10.3. The van der Waals surface area contributed by atoms with E-state index >= 15 is 0 Å². The Hall–Kier alpha value is -2.21. The fourth-order valence-electron chi connectivity index (χ4n) is 2.41. The van der Waals surface area contributed by atoms with Gasteiger partial charge in [-0.15, -0.1) is 11.3 Å². The van der Waals surface area contributed by atoms with Gasteiger partial charge in [-0.3, -0.25) is 9.59 Å². The third-order valence-corrected chi connectivity index (χ3v) is 4.27. The summed E-state index contributed by atoms with van der Waals surface area (Å²) in [5, 5.41) is 5.49. The van der Waals surface area contributed by atoms with Gasteiger partial charge in [0.05, 0.1) is 6.54 Å². The number of hydrogen-bond acceptors (Lipinski definition) is 4. The standard InChI is InChI=1S/C15H15N3O2S/c19-14(17-10-13-16-7-9-21-13)12-6-8-18(15(12)20)11-4-2-1-3-5-11/h1-5,7,9,12H,6,8,10H2,(H,17,19). The minimum absolute atomic E-state index is 0.127. The molecule has 0 aliphatic carbocycles. The quantitative estimate of drug-likeness (QED) is 0.876. The number of hydrogen-bond donors (Lipinski definition) is 1. The lowest BCUT2D eigenvalue weighted by Gasteiger charge is -2.16. The van der Waals surface area contributed by atoms with Gasteiger partial charge in [0.15, 0.2) is 0 Å². The van der Waals surface area contributed by atoms with Crippen LogP contribution in [-0.4, -0.2) is 23.3 Å². The van der Waals surface area contributed by atoms with Crippen molar-refractivity contribution in [2.75, 3.05) is 11.4 Å². The molecule has 1 saturated heterocycles. The van der Waals surface area contributed by atoms with Crippen molar-refractivity contribution in [2.45, 2.75) is 13.0 Å². The second-order valence-corrected chi connectivity index (χ2v) is 5.79. The van der Waals surface area contributed by atoms with Gasteiger partial charge in [0.1, 0.15) is 10.9 Å². The summed E-state index contributed by atoms with van der Waals surface area (Å²) in [6.45, 7) is 0.962. The Balaban J connectivity index is 1.62. The van der Waals surface area contributed by atoms with Crippen LogP contribution in [0.4, 0.5) is 5.69 Å². The topological polar surface area (TPSA) is 62.3 Å². The highest BCUT2D eigenvalue weighted by atomic mass is 32.1. The SMILES string of the molecule is O=C(NCc1nccs1)C1CCN(c2ccccc2)C1=O. The molecule has 1 unspecified atom stereocenters.